The van der Waals surface area contributed by atoms with E-state index in [1.165, 1.54) is 49.2 Å². The quantitative estimate of drug-likeness (QED) is 0.836. The number of aryl methyl sites for hydroxylation is 1. The second-order valence-corrected chi connectivity index (χ2v) is 7.37. The SMILES string of the molecule is Cc1[nH]c(/C=C2/C(=O)NN=C2C2CC2)c(C)c1CN1CCCCC1. The predicted molar refractivity (Wildman–Crippen MR) is 95.7 cm³/mol. The normalized spacial score (nSPS) is 23.7. The standard InChI is InChI=1S/C19H26N4O/c1-12-16(11-23-8-4-3-5-9-23)13(2)20-17(12)10-15-18(14-6-7-14)21-22-19(15)24/h10,14,20H,3-9,11H2,1-2H3,(H,22,24)/b15-10+. The second kappa shape index (κ2) is 6.20. The van der Waals surface area contributed by atoms with Crippen LogP contribution in [0.4, 0.5) is 0 Å². The van der Waals surface area contributed by atoms with Crippen molar-refractivity contribution in [1.29, 1.82) is 0 Å². The second-order valence-electron chi connectivity index (χ2n) is 7.37. The van der Waals surface area contributed by atoms with Gasteiger partial charge in [-0.2, -0.15) is 5.10 Å². The molecule has 1 aliphatic carbocycles. The number of nitrogens with one attached hydrogen (secondary N) is 2. The lowest BCUT2D eigenvalue weighted by Gasteiger charge is -2.26. The number of nitrogens with zero attached hydrogens (tertiary/aromatic N) is 2. The molecule has 0 aromatic carbocycles. The topological polar surface area (TPSA) is 60.5 Å². The average Bonchev–Trinajstić information content (AvgIpc) is 3.32. The molecule has 3 heterocycles. The molecule has 0 bridgehead atoms. The lowest BCUT2D eigenvalue weighted by molar-refractivity contribution is -0.116. The van der Waals surface area contributed by atoms with Gasteiger partial charge in [-0.15, -0.1) is 0 Å². The van der Waals surface area contributed by atoms with Gasteiger partial charge in [0.25, 0.3) is 5.91 Å². The van der Waals surface area contributed by atoms with Crippen LogP contribution >= 0.6 is 0 Å². The Morgan fingerprint density at radius 1 is 1.21 bits per heavy atom. The largest absolute Gasteiger partial charge is 0.359 e. The highest BCUT2D eigenvalue weighted by molar-refractivity contribution is 6.28. The molecule has 0 radical (unpaired) electrons. The maximum absolute atomic E-state index is 12.1. The first-order valence-electron chi connectivity index (χ1n) is 9.14. The van der Waals surface area contributed by atoms with Crippen LogP contribution < -0.4 is 5.43 Å². The summed E-state index contributed by atoms with van der Waals surface area (Å²) in [5.41, 5.74) is 9.23. The summed E-state index contributed by atoms with van der Waals surface area (Å²) in [4.78, 5) is 18.2. The summed E-state index contributed by atoms with van der Waals surface area (Å²) in [5, 5.41) is 4.24. The van der Waals surface area contributed by atoms with E-state index in [2.05, 4.69) is 34.3 Å². The number of rotatable bonds is 4. The first-order chi connectivity index (χ1) is 11.6. The Hall–Kier alpha value is -1.88. The molecule has 1 saturated heterocycles. The maximum Gasteiger partial charge on any atom is 0.273 e. The van der Waals surface area contributed by atoms with Crippen molar-refractivity contribution >= 4 is 17.7 Å². The minimum absolute atomic E-state index is 0.0684. The number of hydrogen-bond donors (Lipinski definition) is 2. The molecule has 0 spiro atoms. The summed E-state index contributed by atoms with van der Waals surface area (Å²) < 4.78 is 0. The average molecular weight is 326 g/mol. The maximum atomic E-state index is 12.1. The fraction of sp³-hybridized carbons (Fsp3) is 0.579. The molecule has 2 N–H and O–H groups in total. The van der Waals surface area contributed by atoms with Crippen LogP contribution in [0.2, 0.25) is 0 Å². The summed E-state index contributed by atoms with van der Waals surface area (Å²) in [6.07, 6.45) is 8.27. The minimum Gasteiger partial charge on any atom is -0.359 e. The Labute approximate surface area is 143 Å². The third-order valence-corrected chi connectivity index (χ3v) is 5.51. The lowest BCUT2D eigenvalue weighted by Crippen LogP contribution is -2.29. The molecule has 5 nitrogen and oxygen atoms in total. The molecule has 4 rings (SSSR count). The van der Waals surface area contributed by atoms with Gasteiger partial charge in [0.1, 0.15) is 0 Å². The Balaban J connectivity index is 1.59. The minimum atomic E-state index is -0.0684. The third-order valence-electron chi connectivity index (χ3n) is 5.51. The van der Waals surface area contributed by atoms with Crippen LogP contribution in [0.25, 0.3) is 6.08 Å². The number of hydrogen-bond acceptors (Lipinski definition) is 3. The van der Waals surface area contributed by atoms with Crippen LogP contribution in [0, 0.1) is 19.8 Å². The summed E-state index contributed by atoms with van der Waals surface area (Å²) in [6.45, 7) is 7.70. The fourth-order valence-corrected chi connectivity index (χ4v) is 3.84. The number of H-pyrrole nitrogens is 1. The van der Waals surface area contributed by atoms with Crippen molar-refractivity contribution in [3.8, 4) is 0 Å². The highest BCUT2D eigenvalue weighted by Gasteiger charge is 2.36. The van der Waals surface area contributed by atoms with Gasteiger partial charge in [-0.3, -0.25) is 9.69 Å². The van der Waals surface area contributed by atoms with E-state index in [0.29, 0.717) is 5.92 Å². The van der Waals surface area contributed by atoms with Gasteiger partial charge < -0.3 is 4.98 Å². The van der Waals surface area contributed by atoms with Crippen molar-refractivity contribution in [2.75, 3.05) is 13.1 Å². The fourth-order valence-electron chi connectivity index (χ4n) is 3.84. The summed E-state index contributed by atoms with van der Waals surface area (Å²) in [6, 6.07) is 0. The molecule has 1 aromatic rings. The van der Waals surface area contributed by atoms with E-state index in [4.69, 9.17) is 0 Å². The molecule has 3 aliphatic rings. The van der Waals surface area contributed by atoms with E-state index in [0.717, 1.165) is 36.4 Å². The number of likely N-dealkylation sites (tertiary alicyclic amines) is 1. The molecule has 5 heteroatoms. The predicted octanol–water partition coefficient (Wildman–Crippen LogP) is 2.90. The van der Waals surface area contributed by atoms with Crippen LogP contribution in [-0.4, -0.2) is 34.6 Å². The van der Waals surface area contributed by atoms with E-state index < -0.39 is 0 Å². The van der Waals surface area contributed by atoms with Crippen LogP contribution in [-0.2, 0) is 11.3 Å². The van der Waals surface area contributed by atoms with E-state index in [1.807, 2.05) is 6.08 Å². The van der Waals surface area contributed by atoms with Crippen molar-refractivity contribution in [2.24, 2.45) is 11.0 Å². The molecule has 128 valence electrons. The molecule has 2 fully saturated rings. The molecule has 1 saturated carbocycles. The number of aromatic nitrogens is 1. The smallest absolute Gasteiger partial charge is 0.273 e. The van der Waals surface area contributed by atoms with Gasteiger partial charge in [-0.1, -0.05) is 6.42 Å². The summed E-state index contributed by atoms with van der Waals surface area (Å²) >= 11 is 0. The molecule has 1 aromatic heterocycles. The van der Waals surface area contributed by atoms with Gasteiger partial charge >= 0.3 is 0 Å². The van der Waals surface area contributed by atoms with Gasteiger partial charge in [0, 0.05) is 23.9 Å². The van der Waals surface area contributed by atoms with Crippen LogP contribution in [0.15, 0.2) is 10.7 Å². The Bertz CT molecular complexity index is 718. The van der Waals surface area contributed by atoms with Gasteiger partial charge in [0.15, 0.2) is 0 Å². The van der Waals surface area contributed by atoms with Crippen molar-refractivity contribution < 1.29 is 4.79 Å². The monoisotopic (exact) mass is 326 g/mol. The first-order valence-corrected chi connectivity index (χ1v) is 9.14. The number of amides is 1. The highest BCUT2D eigenvalue weighted by Crippen LogP contribution is 2.35. The van der Waals surface area contributed by atoms with Crippen molar-refractivity contribution in [1.82, 2.24) is 15.3 Å². The van der Waals surface area contributed by atoms with E-state index in [-0.39, 0.29) is 5.91 Å². The van der Waals surface area contributed by atoms with Crippen LogP contribution in [0.3, 0.4) is 0 Å². The van der Waals surface area contributed by atoms with E-state index in [9.17, 15) is 4.79 Å². The zero-order valence-corrected chi connectivity index (χ0v) is 14.6. The van der Waals surface area contributed by atoms with Gasteiger partial charge in [0.2, 0.25) is 0 Å². The molecule has 0 atom stereocenters. The van der Waals surface area contributed by atoms with Gasteiger partial charge in [0.05, 0.1) is 11.3 Å². The molecule has 24 heavy (non-hydrogen) atoms. The van der Waals surface area contributed by atoms with E-state index >= 15 is 0 Å². The molecule has 0 unspecified atom stereocenters. The Kier molecular flexibility index (Phi) is 4.04. The Morgan fingerprint density at radius 3 is 2.67 bits per heavy atom. The lowest BCUT2D eigenvalue weighted by atomic mass is 10.0. The highest BCUT2D eigenvalue weighted by atomic mass is 16.2. The summed E-state index contributed by atoms with van der Waals surface area (Å²) in [5.74, 6) is 0.403. The molecular weight excluding hydrogens is 300 g/mol. The third kappa shape index (κ3) is 2.93. The molecule has 2 aliphatic heterocycles. The number of carbonyl (C=O) groups is 1. The first kappa shape index (κ1) is 15.6. The number of piperidine rings is 1. The molecule has 1 amide bonds. The Morgan fingerprint density at radius 2 is 1.96 bits per heavy atom. The van der Waals surface area contributed by atoms with Gasteiger partial charge in [-0.05, 0) is 69.8 Å². The summed E-state index contributed by atoms with van der Waals surface area (Å²) in [7, 11) is 0. The van der Waals surface area contributed by atoms with Crippen molar-refractivity contribution in [3.05, 3.63) is 28.1 Å². The number of hydrazone groups is 1. The van der Waals surface area contributed by atoms with Crippen molar-refractivity contribution in [3.63, 3.8) is 0 Å². The molecular formula is C19H26N4O. The number of aromatic amines is 1. The van der Waals surface area contributed by atoms with Crippen molar-refractivity contribution in [2.45, 2.75) is 52.5 Å². The number of carbonyl (C=O) groups excluding carboxylic acids is 1. The van der Waals surface area contributed by atoms with E-state index in [1.54, 1.807) is 0 Å². The van der Waals surface area contributed by atoms with Crippen LogP contribution in [0.5, 0.6) is 0 Å². The van der Waals surface area contributed by atoms with Crippen LogP contribution in [0.1, 0.15) is 54.6 Å². The zero-order chi connectivity index (χ0) is 16.7. The zero-order valence-electron chi connectivity index (χ0n) is 14.6. The van der Waals surface area contributed by atoms with Gasteiger partial charge in [-0.25, -0.2) is 5.43 Å².